The molecule has 0 aromatic rings. The molecule has 0 aliphatic heterocycles. The summed E-state index contributed by atoms with van der Waals surface area (Å²) in [5.74, 6) is -0.843. The van der Waals surface area contributed by atoms with E-state index in [0.717, 1.165) is 83.5 Å². The van der Waals surface area contributed by atoms with E-state index < -0.39 is 26.5 Å². The van der Waals surface area contributed by atoms with Gasteiger partial charge in [-0.1, -0.05) is 235 Å². The Bertz CT molecular complexity index is 1250. The highest BCUT2D eigenvalue weighted by Crippen LogP contribution is 2.43. The van der Waals surface area contributed by atoms with Crippen LogP contribution in [-0.4, -0.2) is 49.3 Å². The van der Waals surface area contributed by atoms with Crippen molar-refractivity contribution in [1.82, 2.24) is 0 Å². The zero-order valence-corrected chi connectivity index (χ0v) is 42.9. The molecular weight excluding hydrogens is 834 g/mol. The van der Waals surface area contributed by atoms with Crippen LogP contribution in [0.5, 0.6) is 0 Å². The first-order valence-electron chi connectivity index (χ1n) is 26.8. The number of hydrogen-bond acceptors (Lipinski definition) is 8. The minimum atomic E-state index is -4.39. The van der Waals surface area contributed by atoms with E-state index in [9.17, 15) is 19.0 Å². The third-order valence-electron chi connectivity index (χ3n) is 11.4. The number of rotatable bonds is 50. The summed E-state index contributed by atoms with van der Waals surface area (Å²) < 4.78 is 33.0. The summed E-state index contributed by atoms with van der Waals surface area (Å²) in [6, 6.07) is 0. The molecule has 0 aliphatic rings. The van der Waals surface area contributed by atoms with Crippen molar-refractivity contribution < 1.29 is 37.6 Å². The predicted molar refractivity (Wildman–Crippen MR) is 275 cm³/mol. The summed E-state index contributed by atoms with van der Waals surface area (Å²) in [6.07, 6.45) is 62.6. The van der Waals surface area contributed by atoms with E-state index in [1.165, 1.54) is 128 Å². The van der Waals surface area contributed by atoms with Crippen molar-refractivity contribution in [2.75, 3.05) is 26.4 Å². The van der Waals surface area contributed by atoms with Gasteiger partial charge in [0, 0.05) is 19.4 Å². The molecule has 0 saturated carbocycles. The monoisotopic (exact) mass is 934 g/mol. The van der Waals surface area contributed by atoms with Crippen LogP contribution in [0.2, 0.25) is 0 Å². The normalized spacial score (nSPS) is 13.6. The third kappa shape index (κ3) is 51.0. The third-order valence-corrected chi connectivity index (χ3v) is 12.4. The molecule has 10 heteroatoms. The van der Waals surface area contributed by atoms with Gasteiger partial charge in [-0.05, 0) is 57.8 Å². The van der Waals surface area contributed by atoms with E-state index in [4.69, 9.17) is 24.3 Å². The SMILES string of the molecule is CC/C=C\C/C=C\C/C=C\C/C=C\C/C=C\CCCCCCCC(=O)OC(COC(=O)CCCCCCCCCCCCCCCCCCCCCCCCC)COP(=O)(O)OCCN. The van der Waals surface area contributed by atoms with Crippen LogP contribution in [0.3, 0.4) is 0 Å². The smallest absolute Gasteiger partial charge is 0.462 e. The van der Waals surface area contributed by atoms with Crippen molar-refractivity contribution in [3.8, 4) is 0 Å². The first-order chi connectivity index (χ1) is 31.8. The van der Waals surface area contributed by atoms with Gasteiger partial charge in [-0.25, -0.2) is 4.57 Å². The van der Waals surface area contributed by atoms with Crippen LogP contribution < -0.4 is 5.73 Å². The molecule has 0 fully saturated rings. The summed E-state index contributed by atoms with van der Waals surface area (Å²) in [5.41, 5.74) is 5.37. The Labute approximate surface area is 399 Å². The van der Waals surface area contributed by atoms with Crippen molar-refractivity contribution in [2.24, 2.45) is 5.73 Å². The summed E-state index contributed by atoms with van der Waals surface area (Å²) >= 11 is 0. The molecule has 2 unspecified atom stereocenters. The molecule has 0 spiro atoms. The van der Waals surface area contributed by atoms with Crippen molar-refractivity contribution in [3.05, 3.63) is 60.8 Å². The Morgan fingerprint density at radius 3 is 1.26 bits per heavy atom. The lowest BCUT2D eigenvalue weighted by Gasteiger charge is -2.19. The number of phosphoric acid groups is 1. The van der Waals surface area contributed by atoms with Gasteiger partial charge in [-0.2, -0.15) is 0 Å². The molecule has 0 bridgehead atoms. The fourth-order valence-corrected chi connectivity index (χ4v) is 8.25. The highest BCUT2D eigenvalue weighted by molar-refractivity contribution is 7.47. The van der Waals surface area contributed by atoms with E-state index in [-0.39, 0.29) is 38.6 Å². The number of nitrogens with two attached hydrogens (primary N) is 1. The fourth-order valence-electron chi connectivity index (χ4n) is 7.49. The maximum absolute atomic E-state index is 12.7. The van der Waals surface area contributed by atoms with Crippen molar-refractivity contribution in [2.45, 2.75) is 251 Å². The molecule has 0 aromatic carbocycles. The number of hydrogen-bond donors (Lipinski definition) is 2. The van der Waals surface area contributed by atoms with Crippen LogP contribution >= 0.6 is 7.82 Å². The second-order valence-corrected chi connectivity index (χ2v) is 19.2. The highest BCUT2D eigenvalue weighted by Gasteiger charge is 2.26. The van der Waals surface area contributed by atoms with Gasteiger partial charge in [0.05, 0.1) is 13.2 Å². The molecule has 0 saturated heterocycles. The molecular formula is C55H100NO8P. The predicted octanol–water partition coefficient (Wildman–Crippen LogP) is 16.4. The van der Waals surface area contributed by atoms with E-state index >= 15 is 0 Å². The first-order valence-corrected chi connectivity index (χ1v) is 28.3. The highest BCUT2D eigenvalue weighted by atomic mass is 31.2. The second kappa shape index (κ2) is 51.1. The average molecular weight is 934 g/mol. The molecule has 2 atom stereocenters. The Morgan fingerprint density at radius 1 is 0.477 bits per heavy atom. The minimum Gasteiger partial charge on any atom is -0.462 e. The van der Waals surface area contributed by atoms with Crippen LogP contribution in [0.4, 0.5) is 0 Å². The number of phosphoric ester groups is 1. The quantitative estimate of drug-likeness (QED) is 0.0265. The zero-order chi connectivity index (χ0) is 47.4. The minimum absolute atomic E-state index is 0.0485. The summed E-state index contributed by atoms with van der Waals surface area (Å²) in [6.45, 7) is 3.63. The average Bonchev–Trinajstić information content (AvgIpc) is 3.30. The first kappa shape index (κ1) is 62.7. The lowest BCUT2D eigenvalue weighted by atomic mass is 10.0. The molecule has 0 radical (unpaired) electrons. The van der Waals surface area contributed by atoms with E-state index in [1.54, 1.807) is 0 Å². The summed E-state index contributed by atoms with van der Waals surface area (Å²) in [5, 5.41) is 0. The molecule has 0 rings (SSSR count). The Kier molecular flexibility index (Phi) is 49.3. The Morgan fingerprint density at radius 2 is 0.846 bits per heavy atom. The van der Waals surface area contributed by atoms with Crippen molar-refractivity contribution >= 4 is 19.8 Å². The van der Waals surface area contributed by atoms with Gasteiger partial charge in [0.15, 0.2) is 6.10 Å². The number of ether oxygens (including phenoxy) is 2. The largest absolute Gasteiger partial charge is 0.472 e. The molecule has 3 N–H and O–H groups in total. The van der Waals surface area contributed by atoms with Gasteiger partial charge in [0.1, 0.15) is 6.61 Å². The number of esters is 2. The van der Waals surface area contributed by atoms with Crippen LogP contribution in [0.1, 0.15) is 245 Å². The number of carbonyl (C=O) groups is 2. The van der Waals surface area contributed by atoms with Gasteiger partial charge in [0.25, 0.3) is 0 Å². The topological polar surface area (TPSA) is 134 Å². The van der Waals surface area contributed by atoms with E-state index in [0.29, 0.717) is 6.42 Å². The van der Waals surface area contributed by atoms with Gasteiger partial charge < -0.3 is 20.1 Å². The fraction of sp³-hybridized carbons (Fsp3) is 0.782. The molecule has 65 heavy (non-hydrogen) atoms. The van der Waals surface area contributed by atoms with Crippen LogP contribution in [0.15, 0.2) is 60.8 Å². The molecule has 0 aromatic heterocycles. The van der Waals surface area contributed by atoms with Crippen LogP contribution in [0, 0.1) is 0 Å². The number of unbranched alkanes of at least 4 members (excludes halogenated alkanes) is 27. The van der Waals surface area contributed by atoms with Crippen molar-refractivity contribution in [3.63, 3.8) is 0 Å². The number of allylic oxidation sites excluding steroid dienone is 10. The molecule has 378 valence electrons. The van der Waals surface area contributed by atoms with E-state index in [2.05, 4.69) is 74.6 Å². The van der Waals surface area contributed by atoms with Gasteiger partial charge in [0.2, 0.25) is 0 Å². The molecule has 0 aliphatic carbocycles. The van der Waals surface area contributed by atoms with Crippen LogP contribution in [0.25, 0.3) is 0 Å². The maximum atomic E-state index is 12.7. The standard InChI is InChI=1S/C55H100NO8P/c1-3-5-7-9-11-13-15-17-19-21-23-25-26-28-29-31-33-35-37-39-41-43-45-47-54(57)61-51-53(52-63-65(59,60)62-50-49-56)64-55(58)48-46-44-42-40-38-36-34-32-30-27-24-22-20-18-16-14-12-10-8-6-4-2/h6,8,12,14,18,20,24,27,32,34,53H,3-5,7,9-11,13,15-17,19,21-23,25-26,28-31,33,35-52,56H2,1-2H3,(H,59,60)/b8-6-,14-12-,20-18-,27-24-,34-32-. The van der Waals surface area contributed by atoms with Gasteiger partial charge >= 0.3 is 19.8 Å². The zero-order valence-electron chi connectivity index (χ0n) is 42.0. The molecule has 9 nitrogen and oxygen atoms in total. The lowest BCUT2D eigenvalue weighted by Crippen LogP contribution is -2.29. The molecule has 0 amide bonds. The van der Waals surface area contributed by atoms with Gasteiger partial charge in [-0.3, -0.25) is 18.6 Å². The van der Waals surface area contributed by atoms with Crippen LogP contribution in [-0.2, 0) is 32.7 Å². The lowest BCUT2D eigenvalue weighted by molar-refractivity contribution is -0.161. The Balaban J connectivity index is 4.04. The maximum Gasteiger partial charge on any atom is 0.472 e. The molecule has 0 heterocycles. The van der Waals surface area contributed by atoms with E-state index in [1.807, 2.05) is 0 Å². The van der Waals surface area contributed by atoms with Crippen molar-refractivity contribution in [1.29, 1.82) is 0 Å². The van der Waals surface area contributed by atoms with Gasteiger partial charge in [-0.15, -0.1) is 0 Å². The second-order valence-electron chi connectivity index (χ2n) is 17.7. The summed E-state index contributed by atoms with van der Waals surface area (Å²) in [4.78, 5) is 35.1. The Hall–Kier alpha value is -2.29. The summed E-state index contributed by atoms with van der Waals surface area (Å²) in [7, 11) is -4.39. The number of carbonyl (C=O) groups excluding carboxylic acids is 2.